The van der Waals surface area contributed by atoms with Crippen molar-refractivity contribution in [1.29, 1.82) is 0 Å². The highest BCUT2D eigenvalue weighted by molar-refractivity contribution is 5.04. The molecular formula is C8H13N2+. The third-order valence-corrected chi connectivity index (χ3v) is 1.49. The van der Waals surface area contributed by atoms with Crippen LogP contribution in [0, 0.1) is 0 Å². The van der Waals surface area contributed by atoms with E-state index in [1.165, 1.54) is 5.56 Å². The Kier molecular flexibility index (Phi) is 2.00. The molecule has 0 bridgehead atoms. The highest BCUT2D eigenvalue weighted by Crippen LogP contribution is 2.08. The monoisotopic (exact) mass is 137 g/mol. The van der Waals surface area contributed by atoms with E-state index in [9.17, 15) is 0 Å². The van der Waals surface area contributed by atoms with E-state index in [1.54, 1.807) is 6.33 Å². The van der Waals surface area contributed by atoms with Crippen molar-refractivity contribution < 1.29 is 4.57 Å². The summed E-state index contributed by atoms with van der Waals surface area (Å²) in [6, 6.07) is 0. The second kappa shape index (κ2) is 2.78. The Bertz CT molecular complexity index is 218. The molecule has 10 heavy (non-hydrogen) atoms. The molecule has 0 atom stereocenters. The van der Waals surface area contributed by atoms with Gasteiger partial charge in [-0.2, -0.15) is 0 Å². The molecule has 0 saturated carbocycles. The Hall–Kier alpha value is -0.920. The maximum absolute atomic E-state index is 4.07. The zero-order chi connectivity index (χ0) is 7.56. The average Bonchev–Trinajstić information content (AvgIpc) is 1.88. The van der Waals surface area contributed by atoms with Crippen molar-refractivity contribution in [2.45, 2.75) is 19.8 Å². The van der Waals surface area contributed by atoms with Crippen LogP contribution in [0.15, 0.2) is 18.7 Å². The van der Waals surface area contributed by atoms with E-state index >= 15 is 0 Å². The highest BCUT2D eigenvalue weighted by Gasteiger charge is 2.02. The summed E-state index contributed by atoms with van der Waals surface area (Å²) < 4.78 is 1.97. The molecule has 0 unspecified atom stereocenters. The molecule has 1 heterocycles. The van der Waals surface area contributed by atoms with E-state index in [0.29, 0.717) is 5.92 Å². The zero-order valence-electron chi connectivity index (χ0n) is 6.70. The molecule has 0 aliphatic rings. The summed E-state index contributed by atoms with van der Waals surface area (Å²) in [5.41, 5.74) is 1.28. The molecule has 0 aromatic carbocycles. The first-order valence-electron chi connectivity index (χ1n) is 3.50. The topological polar surface area (TPSA) is 16.8 Å². The maximum atomic E-state index is 4.07. The lowest BCUT2D eigenvalue weighted by Gasteiger charge is -1.99. The van der Waals surface area contributed by atoms with Crippen LogP contribution in [0.1, 0.15) is 25.3 Å². The molecule has 54 valence electrons. The lowest BCUT2D eigenvalue weighted by molar-refractivity contribution is -0.675. The lowest BCUT2D eigenvalue weighted by atomic mass is 10.1. The molecule has 1 aromatic rings. The number of hydrogen-bond donors (Lipinski definition) is 0. The predicted octanol–water partition coefficient (Wildman–Crippen LogP) is 1.03. The smallest absolute Gasteiger partial charge is 0.240 e. The van der Waals surface area contributed by atoms with Crippen LogP contribution in [0.4, 0.5) is 0 Å². The van der Waals surface area contributed by atoms with Gasteiger partial charge in [0.1, 0.15) is 6.20 Å². The van der Waals surface area contributed by atoms with Crippen molar-refractivity contribution in [1.82, 2.24) is 4.98 Å². The van der Waals surface area contributed by atoms with Crippen molar-refractivity contribution in [3.8, 4) is 0 Å². The molecule has 0 radical (unpaired) electrons. The van der Waals surface area contributed by atoms with Crippen LogP contribution in [-0.2, 0) is 7.05 Å². The third-order valence-electron chi connectivity index (χ3n) is 1.49. The van der Waals surface area contributed by atoms with Crippen LogP contribution in [0.25, 0.3) is 0 Å². The molecule has 2 nitrogen and oxygen atoms in total. The number of nitrogens with zero attached hydrogens (tertiary/aromatic N) is 2. The van der Waals surface area contributed by atoms with Gasteiger partial charge < -0.3 is 0 Å². The normalized spacial score (nSPS) is 10.4. The third kappa shape index (κ3) is 1.53. The van der Waals surface area contributed by atoms with Crippen LogP contribution >= 0.6 is 0 Å². The maximum Gasteiger partial charge on any atom is 0.285 e. The van der Waals surface area contributed by atoms with Crippen LogP contribution < -0.4 is 4.57 Å². The number of aryl methyl sites for hydroxylation is 1. The van der Waals surface area contributed by atoms with E-state index in [0.717, 1.165) is 0 Å². The van der Waals surface area contributed by atoms with Gasteiger partial charge in [0.25, 0.3) is 6.33 Å². The second-order valence-electron chi connectivity index (χ2n) is 2.84. The van der Waals surface area contributed by atoms with Crippen molar-refractivity contribution in [2.24, 2.45) is 7.05 Å². The average molecular weight is 137 g/mol. The quantitative estimate of drug-likeness (QED) is 0.528. The minimum absolute atomic E-state index is 0.569. The van der Waals surface area contributed by atoms with Gasteiger partial charge in [0.2, 0.25) is 0 Å². The number of rotatable bonds is 1. The van der Waals surface area contributed by atoms with Gasteiger partial charge in [0.15, 0.2) is 0 Å². The largest absolute Gasteiger partial charge is 0.285 e. The molecule has 0 N–H and O–H groups in total. The van der Waals surface area contributed by atoms with E-state index in [4.69, 9.17) is 0 Å². The first-order valence-corrected chi connectivity index (χ1v) is 3.50. The molecule has 0 spiro atoms. The fraction of sp³-hybridized carbons (Fsp3) is 0.500. The van der Waals surface area contributed by atoms with Gasteiger partial charge in [0, 0.05) is 5.56 Å². The summed E-state index contributed by atoms with van der Waals surface area (Å²) in [4.78, 5) is 4.07. The fourth-order valence-electron chi connectivity index (χ4n) is 0.825. The van der Waals surface area contributed by atoms with Crippen LogP contribution in [0.3, 0.4) is 0 Å². The van der Waals surface area contributed by atoms with Crippen molar-refractivity contribution in [3.05, 3.63) is 24.3 Å². The zero-order valence-corrected chi connectivity index (χ0v) is 6.70. The van der Waals surface area contributed by atoms with E-state index < -0.39 is 0 Å². The molecule has 2 heteroatoms. The standard InChI is InChI=1S/C8H13N2/c1-7(2)8-4-9-6-10(3)5-8/h4-7H,1-3H3/q+1. The predicted molar refractivity (Wildman–Crippen MR) is 39.5 cm³/mol. The van der Waals surface area contributed by atoms with Crippen molar-refractivity contribution >= 4 is 0 Å². The van der Waals surface area contributed by atoms with Gasteiger partial charge in [-0.25, -0.2) is 4.57 Å². The molecule has 0 amide bonds. The van der Waals surface area contributed by atoms with E-state index in [2.05, 4.69) is 25.0 Å². The van der Waals surface area contributed by atoms with Crippen LogP contribution in [0.2, 0.25) is 0 Å². The SMILES string of the molecule is CC(C)c1cnc[n+](C)c1. The summed E-state index contributed by atoms with van der Waals surface area (Å²) in [5, 5.41) is 0. The second-order valence-corrected chi connectivity index (χ2v) is 2.84. The summed E-state index contributed by atoms with van der Waals surface area (Å²) in [6.07, 6.45) is 5.80. The summed E-state index contributed by atoms with van der Waals surface area (Å²) >= 11 is 0. The Balaban J connectivity index is 2.96. The van der Waals surface area contributed by atoms with E-state index in [-0.39, 0.29) is 0 Å². The molecule has 1 rings (SSSR count). The van der Waals surface area contributed by atoms with Gasteiger partial charge in [-0.1, -0.05) is 18.8 Å². The summed E-state index contributed by atoms with van der Waals surface area (Å²) in [7, 11) is 1.98. The summed E-state index contributed by atoms with van der Waals surface area (Å²) in [6.45, 7) is 4.33. The molecule has 0 saturated heterocycles. The molecule has 0 aliphatic heterocycles. The highest BCUT2D eigenvalue weighted by atomic mass is 15.0. The van der Waals surface area contributed by atoms with Crippen LogP contribution in [0.5, 0.6) is 0 Å². The summed E-state index contributed by atoms with van der Waals surface area (Å²) in [5.74, 6) is 0.569. The number of aromatic nitrogens is 2. The van der Waals surface area contributed by atoms with Crippen molar-refractivity contribution in [2.75, 3.05) is 0 Å². The van der Waals surface area contributed by atoms with E-state index in [1.807, 2.05) is 17.8 Å². The molecule has 0 aliphatic carbocycles. The first-order chi connectivity index (χ1) is 4.70. The van der Waals surface area contributed by atoms with Gasteiger partial charge in [0.05, 0.1) is 13.2 Å². The molecule has 0 fully saturated rings. The van der Waals surface area contributed by atoms with Gasteiger partial charge >= 0.3 is 0 Å². The Morgan fingerprint density at radius 3 is 2.60 bits per heavy atom. The van der Waals surface area contributed by atoms with Crippen molar-refractivity contribution in [3.63, 3.8) is 0 Å². The van der Waals surface area contributed by atoms with Gasteiger partial charge in [-0.05, 0) is 5.92 Å². The fourth-order valence-corrected chi connectivity index (χ4v) is 0.825. The lowest BCUT2D eigenvalue weighted by Crippen LogP contribution is -2.28. The van der Waals surface area contributed by atoms with Crippen LogP contribution in [-0.4, -0.2) is 4.98 Å². The molecular weight excluding hydrogens is 124 g/mol. The Morgan fingerprint density at radius 1 is 1.50 bits per heavy atom. The Morgan fingerprint density at radius 2 is 2.20 bits per heavy atom. The van der Waals surface area contributed by atoms with Gasteiger partial charge in [-0.3, -0.25) is 0 Å². The Labute approximate surface area is 61.5 Å². The minimum atomic E-state index is 0.569. The van der Waals surface area contributed by atoms with Gasteiger partial charge in [-0.15, -0.1) is 0 Å². The molecule has 1 aromatic heterocycles. The number of hydrogen-bond acceptors (Lipinski definition) is 1. The minimum Gasteiger partial charge on any atom is -0.240 e. The first kappa shape index (κ1) is 7.19.